The third-order valence-corrected chi connectivity index (χ3v) is 8.54. The SMILES string of the molecule is CNC1CSC(CCCCC(=O)NP(F)SCC(=O)ON(C)C(=O)CCC=O)C1NC=O. The number of carbonyl (C=O) groups excluding carboxylic acids is 5. The number of aldehydes is 1. The zero-order valence-corrected chi connectivity index (χ0v) is 20.6. The van der Waals surface area contributed by atoms with Gasteiger partial charge in [0, 0.05) is 43.4 Å². The molecule has 4 atom stereocenters. The fourth-order valence-electron chi connectivity index (χ4n) is 3.02. The molecule has 0 aliphatic carbocycles. The molecule has 0 saturated carbocycles. The van der Waals surface area contributed by atoms with E-state index in [1.165, 1.54) is 7.05 Å². The van der Waals surface area contributed by atoms with Crippen molar-refractivity contribution in [3.63, 3.8) is 0 Å². The van der Waals surface area contributed by atoms with Crippen molar-refractivity contribution in [2.45, 2.75) is 55.9 Å². The summed E-state index contributed by atoms with van der Waals surface area (Å²) in [6.45, 7) is 0. The van der Waals surface area contributed by atoms with Gasteiger partial charge < -0.3 is 25.4 Å². The van der Waals surface area contributed by atoms with Gasteiger partial charge in [0.2, 0.25) is 19.9 Å². The Balaban J connectivity index is 2.19. The molecule has 4 unspecified atom stereocenters. The summed E-state index contributed by atoms with van der Waals surface area (Å²) >= 11 is 2.38. The molecule has 0 radical (unpaired) electrons. The first-order valence-electron chi connectivity index (χ1n) is 10.1. The average Bonchev–Trinajstić information content (AvgIpc) is 3.15. The van der Waals surface area contributed by atoms with Crippen molar-refractivity contribution in [2.24, 2.45) is 0 Å². The van der Waals surface area contributed by atoms with Gasteiger partial charge in [0.1, 0.15) is 12.0 Å². The number of nitrogens with zero attached hydrogens (tertiary/aromatic N) is 1. The Hall–Kier alpha value is -1.43. The van der Waals surface area contributed by atoms with Crippen LogP contribution in [0, 0.1) is 0 Å². The summed E-state index contributed by atoms with van der Waals surface area (Å²) in [6.07, 6.45) is 3.59. The maximum Gasteiger partial charge on any atom is 0.342 e. The summed E-state index contributed by atoms with van der Waals surface area (Å²) < 4.78 is 14.0. The third kappa shape index (κ3) is 10.9. The highest BCUT2D eigenvalue weighted by atomic mass is 32.7. The molecule has 1 aliphatic rings. The third-order valence-electron chi connectivity index (χ3n) is 4.67. The molecule has 3 N–H and O–H groups in total. The Labute approximate surface area is 196 Å². The van der Waals surface area contributed by atoms with Crippen LogP contribution in [0.3, 0.4) is 0 Å². The van der Waals surface area contributed by atoms with Crippen LogP contribution in [0.2, 0.25) is 0 Å². The average molecular weight is 513 g/mol. The number of hydrogen-bond donors (Lipinski definition) is 3. The fourth-order valence-corrected chi connectivity index (χ4v) is 6.45. The number of hydroxylamine groups is 2. The number of nitrogens with one attached hydrogen (secondary N) is 3. The van der Waals surface area contributed by atoms with Gasteiger partial charge in [-0.2, -0.15) is 21.0 Å². The predicted molar refractivity (Wildman–Crippen MR) is 123 cm³/mol. The second-order valence-electron chi connectivity index (χ2n) is 6.94. The molecule has 182 valence electrons. The van der Waals surface area contributed by atoms with Crippen molar-refractivity contribution in [3.8, 4) is 0 Å². The number of thioether (sulfide) groups is 1. The lowest BCUT2D eigenvalue weighted by atomic mass is 10.0. The molecule has 0 aromatic rings. The molecule has 14 heteroatoms. The Morgan fingerprint density at radius 1 is 1.28 bits per heavy atom. The zero-order valence-electron chi connectivity index (χ0n) is 18.1. The van der Waals surface area contributed by atoms with E-state index in [-0.39, 0.29) is 42.3 Å². The fraction of sp³-hybridized carbons (Fsp3) is 0.722. The van der Waals surface area contributed by atoms with Crippen LogP contribution >= 0.6 is 30.7 Å². The molecule has 1 saturated heterocycles. The van der Waals surface area contributed by atoms with Gasteiger partial charge >= 0.3 is 5.97 Å². The summed E-state index contributed by atoms with van der Waals surface area (Å²) in [5, 5.41) is 9.26. The van der Waals surface area contributed by atoms with Gasteiger partial charge in [-0.3, -0.25) is 14.4 Å². The summed E-state index contributed by atoms with van der Waals surface area (Å²) in [7, 11) is 0.645. The molecule has 0 bridgehead atoms. The van der Waals surface area contributed by atoms with E-state index in [9.17, 15) is 28.2 Å². The molecule has 32 heavy (non-hydrogen) atoms. The van der Waals surface area contributed by atoms with Crippen molar-refractivity contribution in [3.05, 3.63) is 0 Å². The standard InChI is InChI=1S/C18H30FN4O6PS2/c1-20-13-10-31-14(18(13)21-12-25)6-3-4-7-15(26)22-30(19)32-11-17(28)29-23(2)16(27)8-5-9-24/h9,12-14,18,20H,3-8,10-11H2,1-2H3,(H,21,25)(H,22,26). The molecule has 0 spiro atoms. The monoisotopic (exact) mass is 512 g/mol. The smallest absolute Gasteiger partial charge is 0.342 e. The Morgan fingerprint density at radius 3 is 2.69 bits per heavy atom. The summed E-state index contributed by atoms with van der Waals surface area (Å²) in [5.74, 6) is -1.28. The van der Waals surface area contributed by atoms with Crippen LogP contribution in [0.5, 0.6) is 0 Å². The maximum atomic E-state index is 14.0. The summed E-state index contributed by atoms with van der Waals surface area (Å²) in [4.78, 5) is 60.9. The number of amides is 3. The van der Waals surface area contributed by atoms with E-state index >= 15 is 0 Å². The first-order chi connectivity index (χ1) is 15.3. The first-order valence-corrected chi connectivity index (χ1v) is 14.0. The number of halogens is 1. The molecule has 1 fully saturated rings. The van der Waals surface area contributed by atoms with Crippen molar-refractivity contribution in [2.75, 3.05) is 25.6 Å². The van der Waals surface area contributed by atoms with Crippen LogP contribution in [0.25, 0.3) is 0 Å². The molecular formula is C18H30FN4O6PS2. The highest BCUT2D eigenvalue weighted by molar-refractivity contribution is 8.54. The summed E-state index contributed by atoms with van der Waals surface area (Å²) in [6, 6.07) is 0.261. The van der Waals surface area contributed by atoms with E-state index in [4.69, 9.17) is 4.84 Å². The number of rotatable bonds is 15. The predicted octanol–water partition coefficient (Wildman–Crippen LogP) is 1.31. The maximum absolute atomic E-state index is 14.0. The summed E-state index contributed by atoms with van der Waals surface area (Å²) in [5.41, 5.74) is 0. The quantitative estimate of drug-likeness (QED) is 0.128. The molecule has 0 aromatic heterocycles. The van der Waals surface area contributed by atoms with Crippen LogP contribution in [0.4, 0.5) is 4.20 Å². The van der Waals surface area contributed by atoms with Gasteiger partial charge in [-0.1, -0.05) is 17.8 Å². The lowest BCUT2D eigenvalue weighted by Crippen LogP contribution is -2.48. The first kappa shape index (κ1) is 28.6. The van der Waals surface area contributed by atoms with Crippen LogP contribution in [-0.2, 0) is 28.8 Å². The van der Waals surface area contributed by atoms with Crippen molar-refractivity contribution in [1.82, 2.24) is 20.8 Å². The van der Waals surface area contributed by atoms with Crippen molar-refractivity contribution >= 4 is 61.2 Å². The Kier molecular flexibility index (Phi) is 14.5. The molecule has 0 aromatic carbocycles. The van der Waals surface area contributed by atoms with Gasteiger partial charge in [0.25, 0.3) is 5.91 Å². The molecule has 10 nitrogen and oxygen atoms in total. The van der Waals surface area contributed by atoms with E-state index in [1.54, 1.807) is 11.8 Å². The molecule has 1 rings (SSSR count). The highest BCUT2D eigenvalue weighted by Gasteiger charge is 2.35. The minimum atomic E-state index is -2.45. The van der Waals surface area contributed by atoms with E-state index in [0.717, 1.165) is 18.6 Å². The highest BCUT2D eigenvalue weighted by Crippen LogP contribution is 2.47. The second-order valence-corrected chi connectivity index (χ2v) is 11.2. The molecular weight excluding hydrogens is 482 g/mol. The lowest BCUT2D eigenvalue weighted by Gasteiger charge is -2.22. The van der Waals surface area contributed by atoms with Gasteiger partial charge in [-0.05, 0) is 19.9 Å². The van der Waals surface area contributed by atoms with Crippen LogP contribution in [-0.4, -0.2) is 78.5 Å². The van der Waals surface area contributed by atoms with Crippen LogP contribution < -0.4 is 15.7 Å². The largest absolute Gasteiger partial charge is 0.353 e. The van der Waals surface area contributed by atoms with E-state index in [0.29, 0.717) is 35.6 Å². The zero-order chi connectivity index (χ0) is 23.9. The Bertz CT molecular complexity index is 651. The van der Waals surface area contributed by atoms with Gasteiger partial charge in [-0.25, -0.2) is 4.79 Å². The number of unbranched alkanes of at least 4 members (excludes halogenated alkanes) is 1. The molecule has 1 aliphatic heterocycles. The van der Waals surface area contributed by atoms with Gasteiger partial charge in [0.15, 0.2) is 0 Å². The Morgan fingerprint density at radius 2 is 2.03 bits per heavy atom. The van der Waals surface area contributed by atoms with Gasteiger partial charge in [-0.15, -0.1) is 0 Å². The second kappa shape index (κ2) is 16.2. The van der Waals surface area contributed by atoms with E-state index in [2.05, 4.69) is 15.7 Å². The van der Waals surface area contributed by atoms with Crippen LogP contribution in [0.1, 0.15) is 38.5 Å². The van der Waals surface area contributed by atoms with Crippen LogP contribution in [0.15, 0.2) is 0 Å². The number of likely N-dealkylation sites (N-methyl/N-ethyl adjacent to an activating group) is 1. The van der Waals surface area contributed by atoms with Gasteiger partial charge in [0.05, 0.1) is 6.04 Å². The number of carbonyl (C=O) groups is 5. The molecule has 1 heterocycles. The minimum absolute atomic E-state index is 0.0173. The van der Waals surface area contributed by atoms with E-state index < -0.39 is 25.4 Å². The van der Waals surface area contributed by atoms with Crippen molar-refractivity contribution < 1.29 is 33.0 Å². The van der Waals surface area contributed by atoms with E-state index in [1.807, 2.05) is 7.05 Å². The van der Waals surface area contributed by atoms with Crippen molar-refractivity contribution in [1.29, 1.82) is 0 Å². The number of hydrogen-bond acceptors (Lipinski definition) is 9. The normalized spacial score (nSPS) is 20.8. The lowest BCUT2D eigenvalue weighted by molar-refractivity contribution is -0.190. The molecule has 3 amide bonds. The minimum Gasteiger partial charge on any atom is -0.353 e. The topological polar surface area (TPSA) is 134 Å².